The maximum absolute atomic E-state index is 13.9. The molecule has 1 aliphatic carbocycles. The Balaban J connectivity index is 1.56. The molecule has 1 saturated carbocycles. The van der Waals surface area contributed by atoms with Gasteiger partial charge in [-0.05, 0) is 55.0 Å². The molecule has 0 amide bonds. The summed E-state index contributed by atoms with van der Waals surface area (Å²) >= 11 is 0. The van der Waals surface area contributed by atoms with Crippen LogP contribution >= 0.6 is 0 Å². The van der Waals surface area contributed by atoms with E-state index in [0.29, 0.717) is 48.4 Å². The molecule has 3 aromatic rings. The number of pyridine rings is 1. The third-order valence-electron chi connectivity index (χ3n) is 6.90. The fourth-order valence-electron chi connectivity index (χ4n) is 4.91. The van der Waals surface area contributed by atoms with E-state index in [4.69, 9.17) is 9.47 Å². The van der Waals surface area contributed by atoms with Crippen molar-refractivity contribution in [3.63, 3.8) is 0 Å². The standard InChI is InChI=1S/C25H29N3O6S/c1-27-10-11-34-24-14-19(8-9-22(24)27)35(31,32)28(21-4-3-5-23(21)29)15-17-12-16-6-7-18(33-2)13-20(16)26-25(17)30/h6-9,12-14,21,23,29H,3-5,10-11,15H2,1-2H3,(H,26,30)/t21-,23-/m0/s1. The minimum Gasteiger partial charge on any atom is -0.497 e. The number of hydrogen-bond acceptors (Lipinski definition) is 7. The summed E-state index contributed by atoms with van der Waals surface area (Å²) in [7, 11) is -0.568. The monoisotopic (exact) mass is 499 g/mol. The Morgan fingerprint density at radius 3 is 2.77 bits per heavy atom. The maximum atomic E-state index is 13.9. The summed E-state index contributed by atoms with van der Waals surface area (Å²) in [5.41, 5.74) is 1.35. The fraction of sp³-hybridized carbons (Fsp3) is 0.400. The predicted octanol–water partition coefficient (Wildman–Crippen LogP) is 2.47. The number of aliphatic hydroxyl groups excluding tert-OH is 1. The molecular formula is C25H29N3O6S. The molecule has 1 fully saturated rings. The van der Waals surface area contributed by atoms with Gasteiger partial charge in [0.25, 0.3) is 5.56 Å². The first kappa shape index (κ1) is 23.7. The van der Waals surface area contributed by atoms with Crippen molar-refractivity contribution < 1.29 is 23.0 Å². The lowest BCUT2D eigenvalue weighted by atomic mass is 10.1. The Morgan fingerprint density at radius 2 is 2.03 bits per heavy atom. The molecule has 0 unspecified atom stereocenters. The lowest BCUT2D eigenvalue weighted by Gasteiger charge is -2.31. The third-order valence-corrected chi connectivity index (χ3v) is 8.77. The van der Waals surface area contributed by atoms with E-state index in [2.05, 4.69) is 4.98 Å². The second-order valence-corrected chi connectivity index (χ2v) is 11.0. The number of sulfonamides is 1. The van der Waals surface area contributed by atoms with Gasteiger partial charge in [0.05, 0.1) is 41.9 Å². The molecule has 0 radical (unpaired) electrons. The first-order valence-electron chi connectivity index (χ1n) is 11.7. The summed E-state index contributed by atoms with van der Waals surface area (Å²) in [5.74, 6) is 1.11. The summed E-state index contributed by atoms with van der Waals surface area (Å²) < 4.78 is 40.0. The number of aromatic nitrogens is 1. The van der Waals surface area contributed by atoms with Crippen molar-refractivity contribution in [1.29, 1.82) is 0 Å². The minimum absolute atomic E-state index is 0.0765. The van der Waals surface area contributed by atoms with Crippen LogP contribution in [0, 0.1) is 0 Å². The molecule has 1 aromatic heterocycles. The molecule has 2 N–H and O–H groups in total. The number of H-pyrrole nitrogens is 1. The van der Waals surface area contributed by atoms with Gasteiger partial charge >= 0.3 is 0 Å². The van der Waals surface area contributed by atoms with E-state index in [1.807, 2.05) is 18.0 Å². The fourth-order valence-corrected chi connectivity index (χ4v) is 6.59. The first-order valence-corrected chi connectivity index (χ1v) is 13.1. The Labute approximate surface area is 203 Å². The molecule has 5 rings (SSSR count). The topological polar surface area (TPSA) is 112 Å². The Kier molecular flexibility index (Phi) is 6.20. The van der Waals surface area contributed by atoms with Gasteiger partial charge in [-0.2, -0.15) is 4.31 Å². The van der Waals surface area contributed by atoms with Crippen LogP contribution in [0.15, 0.2) is 52.2 Å². The molecule has 2 aromatic carbocycles. The highest BCUT2D eigenvalue weighted by Crippen LogP contribution is 2.36. The van der Waals surface area contributed by atoms with Crippen LogP contribution < -0.4 is 19.9 Å². The van der Waals surface area contributed by atoms with Crippen LogP contribution in [0.25, 0.3) is 10.9 Å². The average molecular weight is 500 g/mol. The van der Waals surface area contributed by atoms with Gasteiger partial charge in [-0.15, -0.1) is 0 Å². The highest BCUT2D eigenvalue weighted by molar-refractivity contribution is 7.89. The van der Waals surface area contributed by atoms with Crippen molar-refractivity contribution >= 4 is 26.6 Å². The lowest BCUT2D eigenvalue weighted by Crippen LogP contribution is -2.44. The first-order chi connectivity index (χ1) is 16.8. The van der Waals surface area contributed by atoms with Gasteiger partial charge in [-0.1, -0.05) is 0 Å². The van der Waals surface area contributed by atoms with Crippen molar-refractivity contribution in [2.24, 2.45) is 0 Å². The van der Waals surface area contributed by atoms with Crippen LogP contribution in [0.2, 0.25) is 0 Å². The maximum Gasteiger partial charge on any atom is 0.252 e. The number of aliphatic hydroxyl groups is 1. The van der Waals surface area contributed by atoms with Crippen LogP contribution in [-0.2, 0) is 16.6 Å². The number of benzene rings is 2. The molecule has 2 aliphatic rings. The molecule has 10 heteroatoms. The number of anilines is 1. The van der Waals surface area contributed by atoms with E-state index in [9.17, 15) is 18.3 Å². The molecule has 35 heavy (non-hydrogen) atoms. The molecule has 1 aliphatic heterocycles. The van der Waals surface area contributed by atoms with Crippen LogP contribution in [-0.4, -0.2) is 62.3 Å². The minimum atomic E-state index is -4.05. The third kappa shape index (κ3) is 4.37. The number of ether oxygens (including phenoxy) is 2. The molecule has 0 spiro atoms. The summed E-state index contributed by atoms with van der Waals surface area (Å²) in [4.78, 5) is 17.9. The average Bonchev–Trinajstić information content (AvgIpc) is 3.27. The Morgan fingerprint density at radius 1 is 1.20 bits per heavy atom. The molecule has 2 heterocycles. The molecule has 9 nitrogen and oxygen atoms in total. The molecule has 0 saturated heterocycles. The summed E-state index contributed by atoms with van der Waals surface area (Å²) in [6.07, 6.45) is 0.952. The van der Waals surface area contributed by atoms with Crippen LogP contribution in [0.3, 0.4) is 0 Å². The van der Waals surface area contributed by atoms with E-state index in [0.717, 1.165) is 17.6 Å². The van der Waals surface area contributed by atoms with E-state index in [1.54, 1.807) is 37.4 Å². The molecule has 2 atom stereocenters. The van der Waals surface area contributed by atoms with Crippen LogP contribution in [0.1, 0.15) is 24.8 Å². The number of nitrogens with one attached hydrogen (secondary N) is 1. The Hall–Kier alpha value is -3.08. The second kappa shape index (κ2) is 9.18. The summed E-state index contributed by atoms with van der Waals surface area (Å²) in [6, 6.07) is 11.2. The van der Waals surface area contributed by atoms with Crippen molar-refractivity contribution in [3.8, 4) is 11.5 Å². The normalized spacial score (nSPS) is 20.2. The Bertz CT molecular complexity index is 1420. The van der Waals surface area contributed by atoms with Gasteiger partial charge in [-0.3, -0.25) is 4.79 Å². The SMILES string of the molecule is COc1ccc2cc(CN([C@H]3CCC[C@@H]3O)S(=O)(=O)c3ccc4c(c3)OCCN4C)c(=O)[nH]c2c1. The largest absolute Gasteiger partial charge is 0.497 e. The van der Waals surface area contributed by atoms with Crippen LogP contribution in [0.5, 0.6) is 11.5 Å². The quantitative estimate of drug-likeness (QED) is 0.536. The van der Waals surface area contributed by atoms with E-state index in [1.165, 1.54) is 10.4 Å². The van der Waals surface area contributed by atoms with Gasteiger partial charge in [0.15, 0.2) is 0 Å². The molecular weight excluding hydrogens is 470 g/mol. The zero-order valence-electron chi connectivity index (χ0n) is 19.7. The van der Waals surface area contributed by atoms with Crippen molar-refractivity contribution in [2.75, 3.05) is 32.2 Å². The zero-order chi connectivity index (χ0) is 24.7. The summed E-state index contributed by atoms with van der Waals surface area (Å²) in [5, 5.41) is 11.4. The highest BCUT2D eigenvalue weighted by atomic mass is 32.2. The number of aromatic amines is 1. The molecule has 0 bridgehead atoms. The zero-order valence-corrected chi connectivity index (χ0v) is 20.5. The van der Waals surface area contributed by atoms with E-state index >= 15 is 0 Å². The number of likely N-dealkylation sites (N-methyl/N-ethyl adjacent to an activating group) is 1. The smallest absolute Gasteiger partial charge is 0.252 e. The number of hydrogen-bond donors (Lipinski definition) is 2. The van der Waals surface area contributed by atoms with Crippen molar-refractivity contribution in [2.45, 2.75) is 42.8 Å². The van der Waals surface area contributed by atoms with Gasteiger partial charge in [0.2, 0.25) is 10.0 Å². The second-order valence-electron chi connectivity index (χ2n) is 9.09. The van der Waals surface area contributed by atoms with Crippen molar-refractivity contribution in [1.82, 2.24) is 9.29 Å². The summed E-state index contributed by atoms with van der Waals surface area (Å²) in [6.45, 7) is 1.03. The van der Waals surface area contributed by atoms with Gasteiger partial charge in [0, 0.05) is 31.3 Å². The number of methoxy groups -OCH3 is 1. The number of rotatable bonds is 6. The number of nitrogens with zero attached hydrogens (tertiary/aromatic N) is 2. The van der Waals surface area contributed by atoms with Gasteiger partial charge in [-0.25, -0.2) is 8.42 Å². The van der Waals surface area contributed by atoms with Crippen molar-refractivity contribution in [3.05, 3.63) is 58.4 Å². The predicted molar refractivity (Wildman–Crippen MR) is 133 cm³/mol. The lowest BCUT2D eigenvalue weighted by molar-refractivity contribution is 0.110. The highest BCUT2D eigenvalue weighted by Gasteiger charge is 2.39. The number of fused-ring (bicyclic) bond motifs is 2. The molecule has 186 valence electrons. The van der Waals surface area contributed by atoms with Gasteiger partial charge < -0.3 is 24.5 Å². The van der Waals surface area contributed by atoms with E-state index < -0.39 is 22.2 Å². The van der Waals surface area contributed by atoms with Gasteiger partial charge in [0.1, 0.15) is 18.1 Å². The van der Waals surface area contributed by atoms with Crippen LogP contribution in [0.4, 0.5) is 5.69 Å². The van der Waals surface area contributed by atoms with E-state index in [-0.39, 0.29) is 17.0 Å².